The second kappa shape index (κ2) is 9.50. The Morgan fingerprint density at radius 3 is 1.93 bits per heavy atom. The van der Waals surface area contributed by atoms with Gasteiger partial charge in [-0.3, -0.25) is 20.4 Å². The molecular formula is C20H24N2O6. The summed E-state index contributed by atoms with van der Waals surface area (Å²) < 4.78 is 21.2. The first-order valence-electron chi connectivity index (χ1n) is 8.49. The van der Waals surface area contributed by atoms with Crippen molar-refractivity contribution < 1.29 is 28.5 Å². The number of para-hydroxylation sites is 1. The van der Waals surface area contributed by atoms with E-state index >= 15 is 0 Å². The van der Waals surface area contributed by atoms with Crippen molar-refractivity contribution in [3.63, 3.8) is 0 Å². The largest absolute Gasteiger partial charge is 0.493 e. The molecule has 28 heavy (non-hydrogen) atoms. The minimum Gasteiger partial charge on any atom is -0.493 e. The minimum absolute atomic E-state index is 0.227. The molecule has 0 fully saturated rings. The first-order valence-corrected chi connectivity index (χ1v) is 8.49. The van der Waals surface area contributed by atoms with E-state index in [2.05, 4.69) is 10.9 Å². The average molecular weight is 388 g/mol. The number of benzene rings is 2. The number of hydrogen-bond donors (Lipinski definition) is 2. The molecule has 2 N–H and O–H groups in total. The van der Waals surface area contributed by atoms with Crippen LogP contribution in [-0.4, -0.2) is 39.8 Å². The summed E-state index contributed by atoms with van der Waals surface area (Å²) in [5.74, 6) is 0.637. The number of hydrazine groups is 1. The Labute approximate surface area is 163 Å². The molecule has 0 unspecified atom stereocenters. The van der Waals surface area contributed by atoms with Crippen molar-refractivity contribution in [3.8, 4) is 23.0 Å². The lowest BCUT2D eigenvalue weighted by Gasteiger charge is -2.15. The van der Waals surface area contributed by atoms with E-state index in [0.29, 0.717) is 23.0 Å². The number of carbonyl (C=O) groups excluding carboxylic acids is 2. The molecular weight excluding hydrogens is 364 g/mol. The summed E-state index contributed by atoms with van der Waals surface area (Å²) in [5.41, 5.74) is 6.73. The summed E-state index contributed by atoms with van der Waals surface area (Å²) in [7, 11) is 4.37. The van der Waals surface area contributed by atoms with Crippen LogP contribution in [0.3, 0.4) is 0 Å². The highest BCUT2D eigenvalue weighted by molar-refractivity contribution is 5.96. The Morgan fingerprint density at radius 1 is 0.857 bits per heavy atom. The monoisotopic (exact) mass is 388 g/mol. The number of rotatable bonds is 7. The van der Waals surface area contributed by atoms with Gasteiger partial charge in [-0.1, -0.05) is 18.2 Å². The minimum atomic E-state index is -0.542. The highest BCUT2D eigenvalue weighted by atomic mass is 16.5. The molecule has 0 aromatic heterocycles. The Kier molecular flexibility index (Phi) is 7.08. The lowest BCUT2D eigenvalue weighted by molar-refractivity contribution is -0.123. The third-order valence-corrected chi connectivity index (χ3v) is 4.00. The maximum atomic E-state index is 12.3. The van der Waals surface area contributed by atoms with Gasteiger partial charge in [0.05, 0.1) is 21.3 Å². The number of hydrogen-bond acceptors (Lipinski definition) is 6. The van der Waals surface area contributed by atoms with E-state index in [1.165, 1.54) is 33.5 Å². The quantitative estimate of drug-likeness (QED) is 0.706. The Bertz CT molecular complexity index is 821. The van der Waals surface area contributed by atoms with E-state index in [4.69, 9.17) is 18.9 Å². The molecule has 8 heteroatoms. The van der Waals surface area contributed by atoms with Crippen molar-refractivity contribution in [2.75, 3.05) is 27.9 Å². The third kappa shape index (κ3) is 4.85. The molecule has 0 spiro atoms. The van der Waals surface area contributed by atoms with Crippen LogP contribution in [0.4, 0.5) is 0 Å². The van der Waals surface area contributed by atoms with Gasteiger partial charge < -0.3 is 18.9 Å². The predicted molar refractivity (Wildman–Crippen MR) is 103 cm³/mol. The number of methoxy groups -OCH3 is 3. The maximum Gasteiger partial charge on any atom is 0.276 e. The van der Waals surface area contributed by atoms with Crippen LogP contribution in [0.5, 0.6) is 23.0 Å². The molecule has 0 atom stereocenters. The van der Waals surface area contributed by atoms with Crippen LogP contribution in [0.25, 0.3) is 0 Å². The van der Waals surface area contributed by atoms with Crippen LogP contribution in [0, 0.1) is 13.8 Å². The second-order valence-electron chi connectivity index (χ2n) is 5.93. The van der Waals surface area contributed by atoms with E-state index in [9.17, 15) is 9.59 Å². The lowest BCUT2D eigenvalue weighted by Crippen LogP contribution is -2.43. The van der Waals surface area contributed by atoms with Crippen LogP contribution >= 0.6 is 0 Å². The molecule has 0 aliphatic heterocycles. The smallest absolute Gasteiger partial charge is 0.276 e. The van der Waals surface area contributed by atoms with Crippen LogP contribution in [0.1, 0.15) is 21.5 Å². The number of ether oxygens (including phenoxy) is 4. The summed E-state index contributed by atoms with van der Waals surface area (Å²) in [5, 5.41) is 0. The Balaban J connectivity index is 1.99. The van der Waals surface area contributed by atoms with Gasteiger partial charge in [-0.15, -0.1) is 0 Å². The summed E-state index contributed by atoms with van der Waals surface area (Å²) in [6.45, 7) is 3.56. The fourth-order valence-corrected chi connectivity index (χ4v) is 2.61. The van der Waals surface area contributed by atoms with Gasteiger partial charge in [0.25, 0.3) is 11.8 Å². The zero-order valence-electron chi connectivity index (χ0n) is 16.5. The van der Waals surface area contributed by atoms with Crippen molar-refractivity contribution in [1.82, 2.24) is 10.9 Å². The second-order valence-corrected chi connectivity index (χ2v) is 5.93. The SMILES string of the molecule is COc1cc(C(=O)NNC(=O)COc2c(C)cccc2C)cc(OC)c1OC. The first-order chi connectivity index (χ1) is 13.4. The van der Waals surface area contributed by atoms with Crippen molar-refractivity contribution in [1.29, 1.82) is 0 Å². The van der Waals surface area contributed by atoms with Gasteiger partial charge in [0.15, 0.2) is 18.1 Å². The van der Waals surface area contributed by atoms with Crippen molar-refractivity contribution >= 4 is 11.8 Å². The highest BCUT2D eigenvalue weighted by Crippen LogP contribution is 2.38. The molecule has 2 aromatic carbocycles. The van der Waals surface area contributed by atoms with Gasteiger partial charge in [0.1, 0.15) is 5.75 Å². The molecule has 0 saturated heterocycles. The normalized spacial score (nSPS) is 10.0. The van der Waals surface area contributed by atoms with Gasteiger partial charge in [-0.05, 0) is 37.1 Å². The number of amides is 2. The van der Waals surface area contributed by atoms with Crippen molar-refractivity contribution in [3.05, 3.63) is 47.0 Å². The van der Waals surface area contributed by atoms with Crippen molar-refractivity contribution in [2.24, 2.45) is 0 Å². The fraction of sp³-hybridized carbons (Fsp3) is 0.300. The summed E-state index contributed by atoms with van der Waals surface area (Å²) in [4.78, 5) is 24.4. The van der Waals surface area contributed by atoms with Gasteiger partial charge in [-0.2, -0.15) is 0 Å². The van der Waals surface area contributed by atoms with E-state index in [1.807, 2.05) is 32.0 Å². The molecule has 2 aromatic rings. The van der Waals surface area contributed by atoms with Gasteiger partial charge in [-0.25, -0.2) is 0 Å². The Hall–Kier alpha value is -3.42. The van der Waals surface area contributed by atoms with Gasteiger partial charge >= 0.3 is 0 Å². The number of carbonyl (C=O) groups is 2. The third-order valence-electron chi connectivity index (χ3n) is 4.00. The summed E-state index contributed by atoms with van der Waals surface area (Å²) in [6.07, 6.45) is 0. The molecule has 0 radical (unpaired) electrons. The van der Waals surface area contributed by atoms with Crippen LogP contribution in [0.2, 0.25) is 0 Å². The first kappa shape index (κ1) is 20.9. The van der Waals surface area contributed by atoms with E-state index in [1.54, 1.807) is 0 Å². The zero-order valence-corrected chi connectivity index (χ0v) is 16.5. The molecule has 8 nitrogen and oxygen atoms in total. The number of nitrogens with one attached hydrogen (secondary N) is 2. The molecule has 0 saturated carbocycles. The Morgan fingerprint density at radius 2 is 1.43 bits per heavy atom. The van der Waals surface area contributed by atoms with E-state index in [-0.39, 0.29) is 12.2 Å². The molecule has 0 heterocycles. The molecule has 0 aliphatic rings. The standard InChI is InChI=1S/C20H24N2O6/c1-12-7-6-8-13(2)18(12)28-11-17(23)21-22-20(24)14-9-15(25-3)19(27-5)16(10-14)26-4/h6-10H,11H2,1-5H3,(H,21,23)(H,22,24). The van der Waals surface area contributed by atoms with Crippen LogP contribution < -0.4 is 29.8 Å². The maximum absolute atomic E-state index is 12.3. The molecule has 2 rings (SSSR count). The molecule has 0 aliphatic carbocycles. The molecule has 150 valence electrons. The molecule has 2 amide bonds. The average Bonchev–Trinajstić information content (AvgIpc) is 2.70. The summed E-state index contributed by atoms with van der Waals surface area (Å²) in [6, 6.07) is 8.67. The molecule has 0 bridgehead atoms. The van der Waals surface area contributed by atoms with Crippen LogP contribution in [0.15, 0.2) is 30.3 Å². The van der Waals surface area contributed by atoms with Gasteiger partial charge in [0, 0.05) is 5.56 Å². The van der Waals surface area contributed by atoms with Crippen molar-refractivity contribution in [2.45, 2.75) is 13.8 Å². The predicted octanol–water partition coefficient (Wildman–Crippen LogP) is 2.17. The fourth-order valence-electron chi connectivity index (χ4n) is 2.61. The van der Waals surface area contributed by atoms with Gasteiger partial charge in [0.2, 0.25) is 5.75 Å². The number of aryl methyl sites for hydroxylation is 2. The highest BCUT2D eigenvalue weighted by Gasteiger charge is 2.17. The van der Waals surface area contributed by atoms with E-state index < -0.39 is 11.8 Å². The van der Waals surface area contributed by atoms with Crippen LogP contribution in [-0.2, 0) is 4.79 Å². The topological polar surface area (TPSA) is 95.1 Å². The lowest BCUT2D eigenvalue weighted by atomic mass is 10.1. The zero-order chi connectivity index (χ0) is 20.7. The van der Waals surface area contributed by atoms with E-state index in [0.717, 1.165) is 11.1 Å². The summed E-state index contributed by atoms with van der Waals surface area (Å²) >= 11 is 0.